The van der Waals surface area contributed by atoms with Crippen molar-refractivity contribution >= 4 is 5.91 Å². The topological polar surface area (TPSA) is 63.3 Å². The highest BCUT2D eigenvalue weighted by molar-refractivity contribution is 5.76. The van der Waals surface area contributed by atoms with Gasteiger partial charge in [-0.25, -0.2) is 0 Å². The summed E-state index contributed by atoms with van der Waals surface area (Å²) >= 11 is 0. The Labute approximate surface area is 184 Å². The molecule has 170 valence electrons. The second-order valence-electron chi connectivity index (χ2n) is 12.1. The molecule has 4 aliphatic carbocycles. The second kappa shape index (κ2) is 8.26. The Morgan fingerprint density at radius 3 is 2.63 bits per heavy atom. The molecule has 4 rings (SSSR count). The van der Waals surface area contributed by atoms with E-state index in [9.17, 15) is 9.90 Å². The lowest BCUT2D eigenvalue weighted by Crippen LogP contribution is -2.50. The number of carbonyl (C=O) groups excluding carboxylic acids is 1. The van der Waals surface area contributed by atoms with Gasteiger partial charge in [0.2, 0.25) is 5.91 Å². The predicted octanol–water partition coefficient (Wildman–Crippen LogP) is 5.85. The van der Waals surface area contributed by atoms with Gasteiger partial charge in [0.25, 0.3) is 0 Å². The van der Waals surface area contributed by atoms with Crippen LogP contribution in [0.4, 0.5) is 0 Å². The third kappa shape index (κ3) is 3.67. The maximum atomic E-state index is 11.4. The summed E-state index contributed by atoms with van der Waals surface area (Å²) in [6.07, 6.45) is 15.7. The van der Waals surface area contributed by atoms with E-state index in [1.165, 1.54) is 44.9 Å². The van der Waals surface area contributed by atoms with E-state index in [1.54, 1.807) is 5.57 Å². The Hall–Kier alpha value is -0.830. The predicted molar refractivity (Wildman–Crippen MR) is 123 cm³/mol. The second-order valence-corrected chi connectivity index (χ2v) is 12.1. The molecular weight excluding hydrogens is 370 g/mol. The van der Waals surface area contributed by atoms with Crippen molar-refractivity contribution in [1.82, 2.24) is 0 Å². The van der Waals surface area contributed by atoms with Crippen molar-refractivity contribution < 1.29 is 9.90 Å². The highest BCUT2D eigenvalue weighted by Gasteiger charge is 2.59. The lowest BCUT2D eigenvalue weighted by Gasteiger charge is -2.58. The molecule has 0 bridgehead atoms. The third-order valence-electron chi connectivity index (χ3n) is 10.6. The lowest BCUT2D eigenvalue weighted by atomic mass is 9.47. The highest BCUT2D eigenvalue weighted by atomic mass is 16.3. The Balaban J connectivity index is 1.44. The molecule has 0 aliphatic heterocycles. The number of rotatable bonds is 6. The van der Waals surface area contributed by atoms with Crippen molar-refractivity contribution in [1.29, 1.82) is 0 Å². The van der Waals surface area contributed by atoms with Crippen LogP contribution in [0.25, 0.3) is 0 Å². The molecule has 0 saturated heterocycles. The van der Waals surface area contributed by atoms with Crippen LogP contribution >= 0.6 is 0 Å². The Kier molecular flexibility index (Phi) is 6.16. The number of allylic oxidation sites excluding steroid dienone is 1. The van der Waals surface area contributed by atoms with Crippen LogP contribution in [0.3, 0.4) is 0 Å². The van der Waals surface area contributed by atoms with E-state index >= 15 is 0 Å². The summed E-state index contributed by atoms with van der Waals surface area (Å²) in [5.74, 6) is 3.98. The van der Waals surface area contributed by atoms with E-state index in [2.05, 4.69) is 26.8 Å². The Morgan fingerprint density at radius 2 is 1.90 bits per heavy atom. The summed E-state index contributed by atoms with van der Waals surface area (Å²) < 4.78 is 0. The Bertz CT molecular complexity index is 686. The fraction of sp³-hybridized carbons (Fsp3) is 0.889. The number of hydrogen-bond acceptors (Lipinski definition) is 2. The van der Waals surface area contributed by atoms with Gasteiger partial charge in [0, 0.05) is 5.92 Å². The van der Waals surface area contributed by atoms with Crippen LogP contribution in [0.15, 0.2) is 11.6 Å². The van der Waals surface area contributed by atoms with Gasteiger partial charge in [-0.1, -0.05) is 52.2 Å². The van der Waals surface area contributed by atoms with Gasteiger partial charge in [-0.2, -0.15) is 0 Å². The van der Waals surface area contributed by atoms with Crippen molar-refractivity contribution in [2.75, 3.05) is 0 Å². The number of hydrogen-bond donors (Lipinski definition) is 2. The van der Waals surface area contributed by atoms with Gasteiger partial charge in [0.1, 0.15) is 0 Å². The zero-order valence-electron chi connectivity index (χ0n) is 19.8. The van der Waals surface area contributed by atoms with Crippen LogP contribution in [-0.2, 0) is 4.79 Å². The first-order valence-corrected chi connectivity index (χ1v) is 12.8. The number of primary amides is 1. The zero-order valence-corrected chi connectivity index (χ0v) is 19.8. The van der Waals surface area contributed by atoms with Gasteiger partial charge < -0.3 is 10.8 Å². The van der Waals surface area contributed by atoms with Crippen molar-refractivity contribution in [3.05, 3.63) is 11.6 Å². The zero-order chi connectivity index (χ0) is 21.7. The first-order valence-electron chi connectivity index (χ1n) is 12.8. The van der Waals surface area contributed by atoms with Crippen LogP contribution in [0, 0.1) is 46.3 Å². The minimum absolute atomic E-state index is 0.0116. The van der Waals surface area contributed by atoms with Crippen LogP contribution in [0.1, 0.15) is 98.3 Å². The molecular formula is C27H45NO2. The number of fused-ring (bicyclic) bond motifs is 5. The van der Waals surface area contributed by atoms with Crippen LogP contribution < -0.4 is 5.73 Å². The van der Waals surface area contributed by atoms with Crippen molar-refractivity contribution in [2.45, 2.75) is 104 Å². The van der Waals surface area contributed by atoms with Gasteiger partial charge in [-0.15, -0.1) is 0 Å². The molecule has 0 aromatic heterocycles. The molecule has 0 radical (unpaired) electrons. The average Bonchev–Trinajstić information content (AvgIpc) is 3.05. The molecule has 0 unspecified atom stereocenters. The standard InChI is InChI=1S/C27H45NO2/c1-17(6-5-7-18(2)25(28)30)22-10-11-23-21-9-8-19-16-20(29)12-14-26(19,3)24(21)13-15-27(22,23)4/h8,17-18,20-24,29H,5-7,9-16H2,1-4H3,(H2,28,30)/t17-,18-,20+,21+,22-,23+,24+,26+,27-/m1/s1. The van der Waals surface area contributed by atoms with E-state index in [1.807, 2.05) is 6.92 Å². The maximum Gasteiger partial charge on any atom is 0.220 e. The van der Waals surface area contributed by atoms with Crippen LogP contribution in [0.5, 0.6) is 0 Å². The molecule has 0 spiro atoms. The number of nitrogens with two attached hydrogens (primary N) is 1. The molecule has 9 atom stereocenters. The smallest absolute Gasteiger partial charge is 0.220 e. The molecule has 4 aliphatic rings. The maximum absolute atomic E-state index is 11.4. The first kappa shape index (κ1) is 22.4. The number of amides is 1. The fourth-order valence-corrected chi connectivity index (χ4v) is 8.71. The van der Waals surface area contributed by atoms with Crippen LogP contribution in [-0.4, -0.2) is 17.1 Å². The fourth-order valence-electron chi connectivity index (χ4n) is 8.71. The monoisotopic (exact) mass is 415 g/mol. The van der Waals surface area contributed by atoms with E-state index in [4.69, 9.17) is 5.73 Å². The van der Waals surface area contributed by atoms with Gasteiger partial charge in [0.05, 0.1) is 6.10 Å². The van der Waals surface area contributed by atoms with Crippen molar-refractivity contribution in [2.24, 2.45) is 52.1 Å². The van der Waals surface area contributed by atoms with Gasteiger partial charge >= 0.3 is 0 Å². The summed E-state index contributed by atoms with van der Waals surface area (Å²) in [5.41, 5.74) is 7.87. The molecule has 3 saturated carbocycles. The quantitative estimate of drug-likeness (QED) is 0.534. The molecule has 3 nitrogen and oxygen atoms in total. The van der Waals surface area contributed by atoms with Gasteiger partial charge in [0.15, 0.2) is 0 Å². The number of aliphatic hydroxyl groups is 1. The summed E-state index contributed by atoms with van der Waals surface area (Å²) in [6, 6.07) is 0. The van der Waals surface area contributed by atoms with Crippen molar-refractivity contribution in [3.63, 3.8) is 0 Å². The normalized spacial score (nSPS) is 45.0. The van der Waals surface area contributed by atoms with Gasteiger partial charge in [-0.05, 0) is 98.2 Å². The van der Waals surface area contributed by atoms with E-state index in [0.29, 0.717) is 10.8 Å². The average molecular weight is 416 g/mol. The molecule has 0 aromatic carbocycles. The van der Waals surface area contributed by atoms with E-state index in [0.717, 1.165) is 55.3 Å². The third-order valence-corrected chi connectivity index (χ3v) is 10.6. The van der Waals surface area contributed by atoms with Crippen molar-refractivity contribution in [3.8, 4) is 0 Å². The van der Waals surface area contributed by atoms with Crippen LogP contribution in [0.2, 0.25) is 0 Å². The molecule has 3 N–H and O–H groups in total. The van der Waals surface area contributed by atoms with Gasteiger partial charge in [-0.3, -0.25) is 4.79 Å². The molecule has 3 fully saturated rings. The minimum Gasteiger partial charge on any atom is -0.393 e. The summed E-state index contributed by atoms with van der Waals surface area (Å²) in [4.78, 5) is 11.4. The SMILES string of the molecule is C[C@H](CCC[C@@H](C)[C@H]1CC[C@H]2[C@@H]3CC=C4C[C@@H](O)CC[C@]4(C)[C@H]3CC[C@]12C)C(N)=O. The highest BCUT2D eigenvalue weighted by Crippen LogP contribution is 2.67. The minimum atomic E-state index is -0.151. The Morgan fingerprint density at radius 1 is 1.13 bits per heavy atom. The molecule has 30 heavy (non-hydrogen) atoms. The van der Waals surface area contributed by atoms with E-state index < -0.39 is 0 Å². The summed E-state index contributed by atoms with van der Waals surface area (Å²) in [7, 11) is 0. The molecule has 0 aromatic rings. The summed E-state index contributed by atoms with van der Waals surface area (Å²) in [6.45, 7) is 9.60. The molecule has 3 heteroatoms. The molecule has 0 heterocycles. The number of carbonyl (C=O) groups is 1. The molecule has 1 amide bonds. The first-order chi connectivity index (χ1) is 14.2. The summed E-state index contributed by atoms with van der Waals surface area (Å²) in [5, 5.41) is 10.2. The van der Waals surface area contributed by atoms with E-state index in [-0.39, 0.29) is 17.9 Å². The largest absolute Gasteiger partial charge is 0.393 e. The number of aliphatic hydroxyl groups excluding tert-OH is 1. The lowest BCUT2D eigenvalue weighted by molar-refractivity contribution is -0.121.